The highest BCUT2D eigenvalue weighted by molar-refractivity contribution is 7.66. The minimum Gasteiger partial charge on any atom is -0.309 e. The van der Waals surface area contributed by atoms with Crippen LogP contribution in [0.2, 0.25) is 0 Å². The van der Waals surface area contributed by atoms with Gasteiger partial charge in [0.25, 0.3) is 11.4 Å². The number of carbonyl (C=O) groups is 2. The smallest absolute Gasteiger partial charge is 0.309 e. The highest BCUT2D eigenvalue weighted by Crippen LogP contribution is 2.67. The molecular weight excluding hydrogens is 690 g/mol. The van der Waals surface area contributed by atoms with E-state index in [1.165, 1.54) is 27.2 Å². The van der Waals surface area contributed by atoms with Crippen LogP contribution < -0.4 is 9.13 Å². The van der Waals surface area contributed by atoms with Gasteiger partial charge in [0.2, 0.25) is 0 Å². The Hall–Kier alpha value is -2.10. The fourth-order valence-corrected chi connectivity index (χ4v) is 11.2. The number of hydrogen-bond donors (Lipinski definition) is 0. The Bertz CT molecular complexity index is 1690. The van der Waals surface area contributed by atoms with Gasteiger partial charge in [-0.25, -0.2) is 4.31 Å². The fourth-order valence-electron chi connectivity index (χ4n) is 7.74. The van der Waals surface area contributed by atoms with Crippen molar-refractivity contribution in [1.82, 2.24) is 0 Å². The molecule has 4 rings (SSSR count). The molecule has 0 radical (unpaired) electrons. The molecule has 0 bridgehead atoms. The van der Waals surface area contributed by atoms with Crippen molar-refractivity contribution in [1.29, 1.82) is 0 Å². The number of ether oxygens (including phenoxy) is 2. The monoisotopic (exact) mass is 750 g/mol. The van der Waals surface area contributed by atoms with Gasteiger partial charge in [-0.05, 0) is 67.5 Å². The van der Waals surface area contributed by atoms with Gasteiger partial charge in [-0.1, -0.05) is 27.7 Å². The number of ketones is 2. The largest absolute Gasteiger partial charge is 0.334 e. The van der Waals surface area contributed by atoms with Crippen LogP contribution in [0.25, 0.3) is 0 Å². The molecule has 0 saturated carbocycles. The van der Waals surface area contributed by atoms with E-state index < -0.39 is 59.5 Å². The van der Waals surface area contributed by atoms with E-state index in [-0.39, 0.29) is 24.8 Å². The summed E-state index contributed by atoms with van der Waals surface area (Å²) in [6.07, 6.45) is 7.31. The van der Waals surface area contributed by atoms with Crippen LogP contribution in [-0.2, 0) is 43.4 Å². The van der Waals surface area contributed by atoms with E-state index in [9.17, 15) is 18.7 Å². The maximum absolute atomic E-state index is 13.9. The van der Waals surface area contributed by atoms with Crippen LogP contribution in [0.5, 0.6) is 0 Å². The molecule has 2 fully saturated rings. The van der Waals surface area contributed by atoms with Crippen LogP contribution >= 0.6 is 15.2 Å². The third-order valence-electron chi connectivity index (χ3n) is 13.8. The number of rotatable bonds is 12. The van der Waals surface area contributed by atoms with Crippen LogP contribution in [0.3, 0.4) is 0 Å². The SMILES string of the molecule is CC(=O)c1ccc[n+](C2(C)O[C@](C)(COP(C)(=O)OP(C)(=O)OC[C@@]3(C)OC(C)([n+]4cccc(C(C)=O)c4)C(C)(C)C3(C)C)C(C)(C)C2(C)C)c1. The molecule has 284 valence electrons. The second-order valence-corrected chi connectivity index (χ2v) is 21.7. The number of pyridine rings is 2. The average molecular weight is 751 g/mol. The Morgan fingerprint density at radius 3 is 1.22 bits per heavy atom. The molecule has 2 aliphatic heterocycles. The van der Waals surface area contributed by atoms with Crippen molar-refractivity contribution >= 4 is 26.8 Å². The van der Waals surface area contributed by atoms with Crippen LogP contribution in [-0.4, -0.2) is 49.3 Å². The molecule has 4 heterocycles. The molecule has 0 spiro atoms. The molecule has 51 heavy (non-hydrogen) atoms. The molecule has 0 aliphatic carbocycles. The van der Waals surface area contributed by atoms with Gasteiger partial charge in [0.05, 0.1) is 35.2 Å². The topological polar surface area (TPSA) is 122 Å². The van der Waals surface area contributed by atoms with Crippen molar-refractivity contribution in [3.05, 3.63) is 60.2 Å². The molecule has 2 aliphatic rings. The first kappa shape index (κ1) is 41.7. The van der Waals surface area contributed by atoms with E-state index in [2.05, 4.69) is 55.4 Å². The zero-order chi connectivity index (χ0) is 39.1. The number of carbonyl (C=O) groups excluding carboxylic acids is 2. The van der Waals surface area contributed by atoms with Crippen molar-refractivity contribution < 1.29 is 50.7 Å². The summed E-state index contributed by atoms with van der Waals surface area (Å²) in [7, 11) is -7.94. The maximum Gasteiger partial charge on any atom is 0.334 e. The van der Waals surface area contributed by atoms with Gasteiger partial charge in [0.15, 0.2) is 36.4 Å². The van der Waals surface area contributed by atoms with Gasteiger partial charge in [0.1, 0.15) is 11.2 Å². The van der Waals surface area contributed by atoms with Gasteiger partial charge in [0, 0.05) is 50.1 Å². The molecule has 2 aromatic rings. The second-order valence-electron chi connectivity index (χ2n) is 17.4. The molecule has 13 heteroatoms. The first-order valence-electron chi connectivity index (χ1n) is 17.5. The molecule has 2 aromatic heterocycles. The number of aromatic nitrogens is 2. The Labute approximate surface area is 304 Å². The number of nitrogens with zero attached hydrogens (tertiary/aromatic N) is 2. The zero-order valence-corrected chi connectivity index (χ0v) is 35.3. The first-order valence-corrected chi connectivity index (χ1v) is 21.4. The molecule has 11 nitrogen and oxygen atoms in total. The lowest BCUT2D eigenvalue weighted by molar-refractivity contribution is -0.818. The van der Waals surface area contributed by atoms with E-state index in [1.807, 2.05) is 61.4 Å². The first-order chi connectivity index (χ1) is 22.9. The third kappa shape index (κ3) is 6.57. The van der Waals surface area contributed by atoms with Crippen molar-refractivity contribution in [3.8, 4) is 0 Å². The highest BCUT2D eigenvalue weighted by Gasteiger charge is 2.74. The van der Waals surface area contributed by atoms with E-state index in [0.717, 1.165) is 0 Å². The van der Waals surface area contributed by atoms with E-state index >= 15 is 0 Å². The Kier molecular flexibility index (Phi) is 10.4. The van der Waals surface area contributed by atoms with Gasteiger partial charge in [-0.15, -0.1) is 0 Å². The Morgan fingerprint density at radius 1 is 0.608 bits per heavy atom. The lowest BCUT2D eigenvalue weighted by Gasteiger charge is -2.43. The summed E-state index contributed by atoms with van der Waals surface area (Å²) in [6, 6.07) is 7.16. The summed E-state index contributed by atoms with van der Waals surface area (Å²) < 4.78 is 63.0. The predicted octanol–water partition coefficient (Wildman–Crippen LogP) is 8.09. The molecule has 4 unspecified atom stereocenters. The minimum absolute atomic E-state index is 0.0579. The quantitative estimate of drug-likeness (QED) is 0.120. The molecule has 0 N–H and O–H groups in total. The second kappa shape index (κ2) is 12.8. The standard InChI is InChI=1S/C38H60N2O9P2/c1-27(41)29-19-17-21-39(23-29)37(13)33(7,8)31(3,4)35(11,47-37)25-45-50(15,43)49-51(16,44)46-26-36(12)32(5,6)34(9,10)38(14,48-36)40-22-18-20-30(24-40)28(2)42/h17-24H,25-26H2,1-16H3/q+2/t35-,36-,37?,38?,50?,51?/m1/s1. The van der Waals surface area contributed by atoms with E-state index in [4.69, 9.17) is 22.8 Å². The fraction of sp³-hybridized carbons (Fsp3) is 0.684. The van der Waals surface area contributed by atoms with E-state index in [0.29, 0.717) is 11.1 Å². The van der Waals surface area contributed by atoms with Crippen LogP contribution in [0.4, 0.5) is 0 Å². The summed E-state index contributed by atoms with van der Waals surface area (Å²) in [5, 5.41) is 0. The van der Waals surface area contributed by atoms with E-state index in [1.54, 1.807) is 24.5 Å². The van der Waals surface area contributed by atoms with Crippen LogP contribution in [0, 0.1) is 21.7 Å². The van der Waals surface area contributed by atoms with Gasteiger partial charge in [-0.3, -0.25) is 18.7 Å². The average Bonchev–Trinajstić information content (AvgIpc) is 3.19. The maximum atomic E-state index is 13.9. The highest BCUT2D eigenvalue weighted by atomic mass is 31.3. The van der Waals surface area contributed by atoms with Crippen LogP contribution in [0.1, 0.15) is 118 Å². The van der Waals surface area contributed by atoms with Gasteiger partial charge >= 0.3 is 15.2 Å². The molecule has 0 amide bonds. The number of hydrogen-bond acceptors (Lipinski definition) is 9. The normalized spacial score (nSPS) is 32.9. The number of Topliss-reactive ketones (excluding diaryl/α,β-unsaturated/α-hetero) is 2. The third-order valence-corrected chi connectivity index (χ3v) is 17.4. The lowest BCUT2D eigenvalue weighted by atomic mass is 9.58. The Morgan fingerprint density at radius 2 is 0.922 bits per heavy atom. The predicted molar refractivity (Wildman–Crippen MR) is 195 cm³/mol. The summed E-state index contributed by atoms with van der Waals surface area (Å²) >= 11 is 0. The summed E-state index contributed by atoms with van der Waals surface area (Å²) in [4.78, 5) is 24.4. The lowest BCUT2D eigenvalue weighted by Crippen LogP contribution is -2.62. The molecule has 2 saturated heterocycles. The van der Waals surface area contributed by atoms with Crippen LogP contribution in [0.15, 0.2) is 49.1 Å². The van der Waals surface area contributed by atoms with Gasteiger partial charge < -0.3 is 18.5 Å². The molecule has 0 aromatic carbocycles. The molecule has 6 atom stereocenters. The molecular formula is C38H60N2O9P2+2. The Balaban J connectivity index is 1.52. The summed E-state index contributed by atoms with van der Waals surface area (Å²) in [5.74, 6) is -0.116. The van der Waals surface area contributed by atoms with Crippen molar-refractivity contribution in [2.45, 2.75) is 120 Å². The van der Waals surface area contributed by atoms with Crippen molar-refractivity contribution in [2.75, 3.05) is 26.5 Å². The minimum atomic E-state index is -3.97. The zero-order valence-electron chi connectivity index (χ0n) is 33.5. The summed E-state index contributed by atoms with van der Waals surface area (Å²) in [6.45, 7) is 29.8. The van der Waals surface area contributed by atoms with Gasteiger partial charge in [-0.2, -0.15) is 9.13 Å². The van der Waals surface area contributed by atoms with Crippen molar-refractivity contribution in [3.63, 3.8) is 0 Å². The van der Waals surface area contributed by atoms with Crippen molar-refractivity contribution in [2.24, 2.45) is 21.7 Å². The summed E-state index contributed by atoms with van der Waals surface area (Å²) in [5.41, 5.74) is -4.83.